The monoisotopic (exact) mass is 355 g/mol. The molecule has 1 unspecified atom stereocenters. The van der Waals surface area contributed by atoms with Crippen LogP contribution < -0.4 is 0 Å². The van der Waals surface area contributed by atoms with Gasteiger partial charge in [0.1, 0.15) is 0 Å². The van der Waals surface area contributed by atoms with Gasteiger partial charge < -0.3 is 9.64 Å². The fourth-order valence-electron chi connectivity index (χ4n) is 3.39. The molecule has 0 bridgehead atoms. The highest BCUT2D eigenvalue weighted by atomic mass is 32.2. The molecule has 0 saturated carbocycles. The van der Waals surface area contributed by atoms with Gasteiger partial charge in [0.25, 0.3) is 5.91 Å². The molecule has 6 heteroatoms. The lowest BCUT2D eigenvalue weighted by atomic mass is 9.92. The lowest BCUT2D eigenvalue weighted by Gasteiger charge is -2.47. The molecular formula is C19H21N3O2S. The van der Waals surface area contributed by atoms with Crippen molar-refractivity contribution in [2.24, 2.45) is 0 Å². The van der Waals surface area contributed by atoms with E-state index in [1.54, 1.807) is 12.4 Å². The predicted molar refractivity (Wildman–Crippen MR) is 97.5 cm³/mol. The smallest absolute Gasteiger partial charge is 0.255 e. The third kappa shape index (κ3) is 3.55. The summed E-state index contributed by atoms with van der Waals surface area (Å²) in [5, 5.41) is 0. The molecular weight excluding hydrogens is 334 g/mol. The lowest BCUT2D eigenvalue weighted by molar-refractivity contribution is 0.0245. The van der Waals surface area contributed by atoms with Crippen LogP contribution in [0.1, 0.15) is 28.2 Å². The van der Waals surface area contributed by atoms with E-state index in [1.165, 1.54) is 0 Å². The Kier molecular flexibility index (Phi) is 4.48. The van der Waals surface area contributed by atoms with Gasteiger partial charge >= 0.3 is 0 Å². The zero-order valence-electron chi connectivity index (χ0n) is 14.2. The van der Waals surface area contributed by atoms with E-state index in [0.717, 1.165) is 36.7 Å². The molecule has 25 heavy (non-hydrogen) atoms. The number of likely N-dealkylation sites (tertiary alicyclic amines) is 1. The third-order valence-electron chi connectivity index (χ3n) is 4.77. The molecule has 4 heterocycles. The van der Waals surface area contributed by atoms with E-state index >= 15 is 0 Å². The molecule has 1 amide bonds. The Hall–Kier alpha value is -1.92. The minimum Gasteiger partial charge on any atom is -0.371 e. The van der Waals surface area contributed by atoms with Crippen molar-refractivity contribution in [2.45, 2.75) is 30.8 Å². The average molecular weight is 355 g/mol. The first-order valence-corrected chi connectivity index (χ1v) is 9.50. The molecule has 2 aliphatic heterocycles. The number of carbonyl (C=O) groups is 1. The van der Waals surface area contributed by atoms with E-state index in [-0.39, 0.29) is 16.8 Å². The van der Waals surface area contributed by atoms with Crippen molar-refractivity contribution in [3.63, 3.8) is 0 Å². The van der Waals surface area contributed by atoms with Crippen LogP contribution >= 0.6 is 11.8 Å². The van der Waals surface area contributed by atoms with Crippen molar-refractivity contribution >= 4 is 17.7 Å². The van der Waals surface area contributed by atoms with Crippen LogP contribution in [-0.2, 0) is 11.3 Å². The fraction of sp³-hybridized carbons (Fsp3) is 0.421. The Morgan fingerprint density at radius 1 is 1.32 bits per heavy atom. The van der Waals surface area contributed by atoms with Crippen molar-refractivity contribution in [3.8, 4) is 0 Å². The number of amides is 1. The summed E-state index contributed by atoms with van der Waals surface area (Å²) in [6, 6.07) is 9.61. The van der Waals surface area contributed by atoms with Gasteiger partial charge in [0, 0.05) is 36.9 Å². The zero-order valence-corrected chi connectivity index (χ0v) is 15.0. The van der Waals surface area contributed by atoms with Gasteiger partial charge in [-0.1, -0.05) is 6.07 Å². The number of aromatic nitrogens is 2. The zero-order chi connectivity index (χ0) is 17.3. The van der Waals surface area contributed by atoms with E-state index in [0.29, 0.717) is 12.2 Å². The molecule has 0 aliphatic carbocycles. The van der Waals surface area contributed by atoms with Gasteiger partial charge in [-0.3, -0.25) is 14.8 Å². The summed E-state index contributed by atoms with van der Waals surface area (Å²) in [5.74, 6) is 1.07. The molecule has 130 valence electrons. The molecule has 2 aliphatic rings. The summed E-state index contributed by atoms with van der Waals surface area (Å²) in [6.45, 7) is 4.08. The molecule has 2 aromatic rings. The summed E-state index contributed by atoms with van der Waals surface area (Å²) in [7, 11) is 0. The molecule has 4 rings (SSSR count). The first-order valence-electron chi connectivity index (χ1n) is 8.51. The number of nitrogens with zero attached hydrogens (tertiary/aromatic N) is 3. The van der Waals surface area contributed by atoms with Crippen molar-refractivity contribution in [1.29, 1.82) is 0 Å². The normalized spacial score (nSPS) is 21.3. The van der Waals surface area contributed by atoms with Gasteiger partial charge in [-0.05, 0) is 37.6 Å². The predicted octanol–water partition coefficient (Wildman–Crippen LogP) is 2.70. The largest absolute Gasteiger partial charge is 0.371 e. The first kappa shape index (κ1) is 16.5. The maximum Gasteiger partial charge on any atom is 0.255 e. The number of aryl methyl sites for hydroxylation is 1. The first-order chi connectivity index (χ1) is 12.1. The second kappa shape index (κ2) is 6.77. The average Bonchev–Trinajstić information content (AvgIpc) is 3.04. The Labute approximate surface area is 151 Å². The van der Waals surface area contributed by atoms with Crippen molar-refractivity contribution in [1.82, 2.24) is 14.9 Å². The van der Waals surface area contributed by atoms with Crippen LogP contribution in [0.3, 0.4) is 0 Å². The summed E-state index contributed by atoms with van der Waals surface area (Å²) < 4.78 is 6.19. The Balaban J connectivity index is 1.28. The molecule has 2 aromatic heterocycles. The van der Waals surface area contributed by atoms with Crippen LogP contribution in [-0.4, -0.2) is 50.5 Å². The number of pyridine rings is 2. The van der Waals surface area contributed by atoms with Crippen LogP contribution in [0.4, 0.5) is 0 Å². The van der Waals surface area contributed by atoms with Crippen LogP contribution in [0.2, 0.25) is 0 Å². The molecule has 0 N–H and O–H groups in total. The van der Waals surface area contributed by atoms with Gasteiger partial charge in [0.2, 0.25) is 0 Å². The molecule has 1 spiro atoms. The van der Waals surface area contributed by atoms with Crippen LogP contribution in [0.5, 0.6) is 0 Å². The van der Waals surface area contributed by atoms with Gasteiger partial charge in [0.15, 0.2) is 0 Å². The molecule has 1 atom stereocenters. The summed E-state index contributed by atoms with van der Waals surface area (Å²) in [5.41, 5.74) is 2.56. The number of hydrogen-bond acceptors (Lipinski definition) is 5. The van der Waals surface area contributed by atoms with E-state index in [4.69, 9.17) is 4.74 Å². The summed E-state index contributed by atoms with van der Waals surface area (Å²) in [6.07, 6.45) is 4.70. The highest BCUT2D eigenvalue weighted by Crippen LogP contribution is 2.46. The Bertz CT molecular complexity index is 745. The highest BCUT2D eigenvalue weighted by molar-refractivity contribution is 8.01. The minimum absolute atomic E-state index is 0.0802. The van der Waals surface area contributed by atoms with Gasteiger partial charge in [-0.2, -0.15) is 0 Å². The molecule has 0 radical (unpaired) electrons. The van der Waals surface area contributed by atoms with Crippen LogP contribution in [0.15, 0.2) is 42.7 Å². The summed E-state index contributed by atoms with van der Waals surface area (Å²) >= 11 is 1.94. The number of hydrogen-bond donors (Lipinski definition) is 0. The molecule has 0 aromatic carbocycles. The molecule has 2 saturated heterocycles. The Morgan fingerprint density at radius 2 is 2.20 bits per heavy atom. The quantitative estimate of drug-likeness (QED) is 0.844. The van der Waals surface area contributed by atoms with Crippen molar-refractivity contribution in [2.75, 3.05) is 18.8 Å². The second-order valence-corrected chi connectivity index (χ2v) is 8.29. The van der Waals surface area contributed by atoms with Crippen LogP contribution in [0.25, 0.3) is 0 Å². The molecule has 5 nitrogen and oxygen atoms in total. The number of carbonyl (C=O) groups excluding carboxylic acids is 1. The summed E-state index contributed by atoms with van der Waals surface area (Å²) in [4.78, 5) is 22.9. The Morgan fingerprint density at radius 3 is 2.92 bits per heavy atom. The van der Waals surface area contributed by atoms with Crippen molar-refractivity contribution in [3.05, 3.63) is 59.7 Å². The standard InChI is InChI=1S/C19H21N3O2S/c1-14-5-6-15(9-21-14)18(23)22-12-19(13-22)8-17(11-25-19)24-10-16-4-2-3-7-20-16/h2-7,9,17H,8,10-13H2,1H3. The van der Waals surface area contributed by atoms with Gasteiger partial charge in [-0.15, -0.1) is 11.8 Å². The van der Waals surface area contributed by atoms with E-state index in [2.05, 4.69) is 9.97 Å². The maximum absolute atomic E-state index is 12.5. The number of rotatable bonds is 4. The van der Waals surface area contributed by atoms with Gasteiger partial charge in [0.05, 0.1) is 28.7 Å². The lowest BCUT2D eigenvalue weighted by Crippen LogP contribution is -2.60. The molecule has 2 fully saturated rings. The van der Waals surface area contributed by atoms with Crippen LogP contribution in [0, 0.1) is 6.92 Å². The van der Waals surface area contributed by atoms with Crippen molar-refractivity contribution < 1.29 is 9.53 Å². The number of thioether (sulfide) groups is 1. The number of ether oxygens (including phenoxy) is 1. The van der Waals surface area contributed by atoms with E-state index in [1.807, 2.05) is 53.9 Å². The maximum atomic E-state index is 12.5. The van der Waals surface area contributed by atoms with E-state index in [9.17, 15) is 4.79 Å². The third-order valence-corrected chi connectivity index (χ3v) is 6.35. The topological polar surface area (TPSA) is 55.3 Å². The fourth-order valence-corrected chi connectivity index (χ4v) is 4.94. The highest BCUT2D eigenvalue weighted by Gasteiger charge is 2.51. The SMILES string of the molecule is Cc1ccc(C(=O)N2CC3(CC(OCc4ccccn4)CS3)C2)cn1. The minimum atomic E-state index is 0.0802. The van der Waals surface area contributed by atoms with Gasteiger partial charge in [-0.25, -0.2) is 0 Å². The van der Waals surface area contributed by atoms with E-state index < -0.39 is 0 Å². The second-order valence-electron chi connectivity index (χ2n) is 6.80.